The van der Waals surface area contributed by atoms with Crippen LogP contribution in [-0.2, 0) is 16.6 Å². The van der Waals surface area contributed by atoms with E-state index in [1.54, 1.807) is 6.92 Å². The lowest BCUT2D eigenvalue weighted by molar-refractivity contribution is 0.454. The minimum Gasteiger partial charge on any atom is -0.313 e. The molecule has 0 radical (unpaired) electrons. The topological polar surface area (TPSA) is 91.0 Å². The first-order chi connectivity index (χ1) is 8.31. The van der Waals surface area contributed by atoms with E-state index in [9.17, 15) is 8.42 Å². The molecule has 0 aliphatic heterocycles. The summed E-state index contributed by atoms with van der Waals surface area (Å²) in [6.07, 6.45) is 0. The Morgan fingerprint density at radius 3 is 2.61 bits per heavy atom. The molecule has 0 saturated heterocycles. The molecule has 1 rings (SSSR count). The molecule has 0 atom stereocenters. The van der Waals surface area contributed by atoms with Crippen LogP contribution >= 0.6 is 0 Å². The summed E-state index contributed by atoms with van der Waals surface area (Å²) >= 11 is 0. The van der Waals surface area contributed by atoms with Crippen molar-refractivity contribution in [2.45, 2.75) is 33.4 Å². The molecule has 0 saturated carbocycles. The van der Waals surface area contributed by atoms with Gasteiger partial charge in [-0.15, -0.1) is 0 Å². The zero-order valence-corrected chi connectivity index (χ0v) is 12.1. The second-order valence-corrected chi connectivity index (χ2v) is 6.71. The number of hydrogen-bond acceptors (Lipinski definition) is 5. The van der Waals surface area contributed by atoms with Crippen molar-refractivity contribution in [3.63, 3.8) is 0 Å². The van der Waals surface area contributed by atoms with E-state index in [1.165, 1.54) is 11.4 Å². The van der Waals surface area contributed by atoms with Crippen LogP contribution in [0.5, 0.6) is 0 Å². The zero-order valence-electron chi connectivity index (χ0n) is 11.3. The third-order valence-corrected chi connectivity index (χ3v) is 4.19. The number of H-pyrrole nitrogens is 1. The monoisotopic (exact) mass is 275 g/mol. The maximum absolute atomic E-state index is 11.9. The van der Waals surface area contributed by atoms with Crippen molar-refractivity contribution in [3.8, 4) is 0 Å². The molecule has 1 aromatic rings. The molecule has 7 nitrogen and oxygen atoms in total. The van der Waals surface area contributed by atoms with Crippen LogP contribution in [0.4, 0.5) is 0 Å². The summed E-state index contributed by atoms with van der Waals surface area (Å²) < 4.78 is 25.2. The van der Waals surface area contributed by atoms with Crippen LogP contribution in [0.25, 0.3) is 0 Å². The highest BCUT2D eigenvalue weighted by Gasteiger charge is 2.19. The van der Waals surface area contributed by atoms with Crippen molar-refractivity contribution < 1.29 is 8.42 Å². The van der Waals surface area contributed by atoms with E-state index < -0.39 is 10.0 Å². The molecule has 8 heteroatoms. The first-order valence-corrected chi connectivity index (χ1v) is 7.47. The number of aryl methyl sites for hydroxylation is 1. The number of aromatic amines is 1. The highest BCUT2D eigenvalue weighted by atomic mass is 32.2. The molecule has 0 aliphatic carbocycles. The van der Waals surface area contributed by atoms with E-state index in [0.29, 0.717) is 18.2 Å². The van der Waals surface area contributed by atoms with Crippen molar-refractivity contribution in [2.75, 3.05) is 19.3 Å². The lowest BCUT2D eigenvalue weighted by atomic mass is 10.4. The summed E-state index contributed by atoms with van der Waals surface area (Å²) in [5.41, 5.74) is 0. The fourth-order valence-corrected chi connectivity index (χ4v) is 2.39. The third kappa shape index (κ3) is 4.71. The minimum absolute atomic E-state index is 0.0745. The van der Waals surface area contributed by atoms with Crippen molar-refractivity contribution in [1.29, 1.82) is 0 Å². The Bertz CT molecular complexity index is 468. The Labute approximate surface area is 108 Å². The third-order valence-electron chi connectivity index (χ3n) is 2.40. The van der Waals surface area contributed by atoms with Gasteiger partial charge in [0.2, 0.25) is 10.0 Å². The van der Waals surface area contributed by atoms with Crippen LogP contribution < -0.4 is 5.32 Å². The minimum atomic E-state index is -3.27. The molecule has 1 aromatic heterocycles. The number of nitrogens with zero attached hydrogens (tertiary/aromatic N) is 3. The van der Waals surface area contributed by atoms with Crippen molar-refractivity contribution in [3.05, 3.63) is 11.6 Å². The molecule has 0 fully saturated rings. The zero-order chi connectivity index (χ0) is 13.8. The van der Waals surface area contributed by atoms with Gasteiger partial charge in [0, 0.05) is 19.6 Å². The average molecular weight is 275 g/mol. The number of rotatable bonds is 7. The molecule has 0 aromatic carbocycles. The Morgan fingerprint density at radius 2 is 2.11 bits per heavy atom. The van der Waals surface area contributed by atoms with Gasteiger partial charge < -0.3 is 5.32 Å². The van der Waals surface area contributed by atoms with Crippen LogP contribution in [0.1, 0.15) is 25.5 Å². The van der Waals surface area contributed by atoms with Crippen LogP contribution in [0.3, 0.4) is 0 Å². The SMILES string of the molecule is Cc1nc(CN(C)S(=O)(=O)CCNC(C)C)n[nH]1. The lowest BCUT2D eigenvalue weighted by Gasteiger charge is -2.16. The summed E-state index contributed by atoms with van der Waals surface area (Å²) in [5.74, 6) is 1.23. The van der Waals surface area contributed by atoms with E-state index in [1.807, 2.05) is 13.8 Å². The molecule has 0 bridgehead atoms. The fourth-order valence-electron chi connectivity index (χ4n) is 1.39. The van der Waals surface area contributed by atoms with Gasteiger partial charge in [-0.2, -0.15) is 9.40 Å². The molecule has 0 spiro atoms. The van der Waals surface area contributed by atoms with Gasteiger partial charge in [-0.3, -0.25) is 5.10 Å². The van der Waals surface area contributed by atoms with E-state index in [4.69, 9.17) is 0 Å². The van der Waals surface area contributed by atoms with E-state index in [2.05, 4.69) is 20.5 Å². The average Bonchev–Trinajstić information content (AvgIpc) is 2.63. The second-order valence-electron chi connectivity index (χ2n) is 4.52. The van der Waals surface area contributed by atoms with Gasteiger partial charge in [0.1, 0.15) is 5.82 Å². The largest absolute Gasteiger partial charge is 0.313 e. The number of hydrogen-bond donors (Lipinski definition) is 2. The van der Waals surface area contributed by atoms with Gasteiger partial charge in [-0.25, -0.2) is 13.4 Å². The predicted molar refractivity (Wildman–Crippen MR) is 69.5 cm³/mol. The molecule has 0 unspecified atom stereocenters. The molecule has 0 amide bonds. The van der Waals surface area contributed by atoms with Gasteiger partial charge in [-0.1, -0.05) is 13.8 Å². The molecule has 104 valence electrons. The highest BCUT2D eigenvalue weighted by Crippen LogP contribution is 2.03. The fraction of sp³-hybridized carbons (Fsp3) is 0.800. The standard InChI is InChI=1S/C10H21N5O2S/c1-8(2)11-5-6-18(16,17)15(4)7-10-12-9(3)13-14-10/h8,11H,5-7H2,1-4H3,(H,12,13,14). The summed E-state index contributed by atoms with van der Waals surface area (Å²) in [7, 11) is -1.73. The van der Waals surface area contributed by atoms with Crippen molar-refractivity contribution in [1.82, 2.24) is 24.8 Å². The molecule has 18 heavy (non-hydrogen) atoms. The smallest absolute Gasteiger partial charge is 0.215 e. The molecule has 0 aliphatic rings. The van der Waals surface area contributed by atoms with Crippen LogP contribution in [0, 0.1) is 6.92 Å². The summed E-state index contributed by atoms with van der Waals surface area (Å²) in [5, 5.41) is 9.69. The predicted octanol–water partition coefficient (Wildman–Crippen LogP) is -0.127. The molecular formula is C10H21N5O2S. The summed E-state index contributed by atoms with van der Waals surface area (Å²) in [4.78, 5) is 4.08. The first kappa shape index (κ1) is 15.1. The van der Waals surface area contributed by atoms with Gasteiger partial charge in [-0.05, 0) is 6.92 Å². The van der Waals surface area contributed by atoms with E-state index in [0.717, 1.165) is 0 Å². The Balaban J connectivity index is 2.51. The highest BCUT2D eigenvalue weighted by molar-refractivity contribution is 7.89. The normalized spacial score (nSPS) is 12.6. The molecular weight excluding hydrogens is 254 g/mol. The lowest BCUT2D eigenvalue weighted by Crippen LogP contribution is -2.35. The van der Waals surface area contributed by atoms with Gasteiger partial charge >= 0.3 is 0 Å². The van der Waals surface area contributed by atoms with Crippen molar-refractivity contribution >= 4 is 10.0 Å². The maximum atomic E-state index is 11.9. The van der Waals surface area contributed by atoms with Crippen LogP contribution in [0.2, 0.25) is 0 Å². The Morgan fingerprint density at radius 1 is 1.44 bits per heavy atom. The molecule has 2 N–H and O–H groups in total. The van der Waals surface area contributed by atoms with Crippen molar-refractivity contribution in [2.24, 2.45) is 0 Å². The van der Waals surface area contributed by atoms with Crippen LogP contribution in [-0.4, -0.2) is 53.3 Å². The van der Waals surface area contributed by atoms with Gasteiger partial charge in [0.25, 0.3) is 0 Å². The second kappa shape index (κ2) is 6.26. The Kier molecular flexibility index (Phi) is 5.24. The Hall–Kier alpha value is -0.990. The number of nitrogens with one attached hydrogen (secondary N) is 2. The number of sulfonamides is 1. The maximum Gasteiger partial charge on any atom is 0.215 e. The summed E-state index contributed by atoms with van der Waals surface area (Å²) in [6, 6.07) is 0.279. The van der Waals surface area contributed by atoms with Crippen LogP contribution in [0.15, 0.2) is 0 Å². The molecule has 1 heterocycles. The van der Waals surface area contributed by atoms with E-state index >= 15 is 0 Å². The number of aromatic nitrogens is 3. The quantitative estimate of drug-likeness (QED) is 0.723. The summed E-state index contributed by atoms with van der Waals surface area (Å²) in [6.45, 7) is 6.36. The van der Waals surface area contributed by atoms with Gasteiger partial charge in [0.15, 0.2) is 5.82 Å². The first-order valence-electron chi connectivity index (χ1n) is 5.86. The van der Waals surface area contributed by atoms with Gasteiger partial charge in [0.05, 0.1) is 12.3 Å². The van der Waals surface area contributed by atoms with E-state index in [-0.39, 0.29) is 18.3 Å².